The summed E-state index contributed by atoms with van der Waals surface area (Å²) in [4.78, 5) is 17.8. The maximum absolute atomic E-state index is 10.6. The molecule has 0 aliphatic carbocycles. The highest BCUT2D eigenvalue weighted by Crippen LogP contribution is 2.27. The van der Waals surface area contributed by atoms with E-state index in [-0.39, 0.29) is 0 Å². The zero-order valence-corrected chi connectivity index (χ0v) is 16.9. The minimum atomic E-state index is -0.962. The number of likely N-dealkylation sites (tertiary alicyclic amines) is 1. The number of aryl methyl sites for hydroxylation is 1. The van der Waals surface area contributed by atoms with Gasteiger partial charge < -0.3 is 25.2 Å². The molecule has 1 aromatic carbocycles. The maximum atomic E-state index is 10.6. The topological polar surface area (TPSA) is 87.3 Å². The van der Waals surface area contributed by atoms with Crippen molar-refractivity contribution >= 4 is 23.1 Å². The second-order valence-corrected chi connectivity index (χ2v) is 7.64. The Morgan fingerprint density at radius 1 is 1.21 bits per heavy atom. The number of aromatic nitrogens is 3. The number of amides is 1. The third-order valence-corrected chi connectivity index (χ3v) is 5.76. The van der Waals surface area contributed by atoms with Gasteiger partial charge in [0, 0.05) is 45.0 Å². The summed E-state index contributed by atoms with van der Waals surface area (Å²) >= 11 is 0. The van der Waals surface area contributed by atoms with E-state index < -0.39 is 6.09 Å². The number of nitrogens with zero attached hydrogens (tertiary/aromatic N) is 4. The third kappa shape index (κ3) is 4.07. The summed E-state index contributed by atoms with van der Waals surface area (Å²) < 4.78 is 4.38. The highest BCUT2D eigenvalue weighted by atomic mass is 16.4. The van der Waals surface area contributed by atoms with Crippen molar-refractivity contribution in [2.24, 2.45) is 7.05 Å². The molecule has 8 heteroatoms. The standard InChI is InChI=1S/C21H28N6O2/c1-15-7-8-19(25(15)2)27-18-6-4-3-5-17(18)24-20(27)23-16-9-12-26(13-10-16)14-11-22-21(28)29/h3-8,16,22H,9-14H2,1-2H3,(H,23,24)(H,28,29). The monoisotopic (exact) mass is 396 g/mol. The first-order valence-electron chi connectivity index (χ1n) is 10.1. The number of hydrogen-bond donors (Lipinski definition) is 3. The smallest absolute Gasteiger partial charge is 0.404 e. The Labute approximate surface area is 170 Å². The second-order valence-electron chi connectivity index (χ2n) is 7.64. The van der Waals surface area contributed by atoms with Gasteiger partial charge in [-0.1, -0.05) is 12.1 Å². The third-order valence-electron chi connectivity index (χ3n) is 5.76. The molecule has 3 aromatic rings. The van der Waals surface area contributed by atoms with Crippen molar-refractivity contribution in [2.45, 2.75) is 25.8 Å². The number of benzene rings is 1. The molecule has 0 radical (unpaired) electrons. The molecule has 1 aliphatic heterocycles. The Bertz CT molecular complexity index is 1000. The fourth-order valence-corrected chi connectivity index (χ4v) is 3.98. The Hall–Kier alpha value is -3.00. The van der Waals surface area contributed by atoms with E-state index >= 15 is 0 Å². The molecule has 154 valence electrons. The molecule has 1 saturated heterocycles. The fraction of sp³-hybridized carbons (Fsp3) is 0.429. The summed E-state index contributed by atoms with van der Waals surface area (Å²) in [6.45, 7) is 5.21. The zero-order valence-electron chi connectivity index (χ0n) is 16.9. The number of piperidine rings is 1. The Balaban J connectivity index is 1.50. The van der Waals surface area contributed by atoms with Crippen molar-refractivity contribution in [3.8, 4) is 5.82 Å². The molecule has 2 aromatic heterocycles. The molecule has 3 N–H and O–H groups in total. The Morgan fingerprint density at radius 3 is 2.66 bits per heavy atom. The van der Waals surface area contributed by atoms with Gasteiger partial charge in [-0.3, -0.25) is 4.57 Å². The van der Waals surface area contributed by atoms with Crippen LogP contribution in [0.3, 0.4) is 0 Å². The van der Waals surface area contributed by atoms with E-state index in [1.807, 2.05) is 18.2 Å². The largest absolute Gasteiger partial charge is 0.465 e. The lowest BCUT2D eigenvalue weighted by Gasteiger charge is -2.32. The average molecular weight is 396 g/mol. The van der Waals surface area contributed by atoms with Gasteiger partial charge in [-0.15, -0.1) is 0 Å². The summed E-state index contributed by atoms with van der Waals surface area (Å²) in [6.07, 6.45) is 1.04. The summed E-state index contributed by atoms with van der Waals surface area (Å²) in [5.41, 5.74) is 3.27. The molecule has 0 saturated carbocycles. The predicted octanol–water partition coefficient (Wildman–Crippen LogP) is 2.82. The van der Waals surface area contributed by atoms with Crippen LogP contribution in [0.15, 0.2) is 36.4 Å². The highest BCUT2D eigenvalue weighted by Gasteiger charge is 2.22. The molecule has 1 amide bonds. The first-order chi connectivity index (χ1) is 14.0. The molecule has 29 heavy (non-hydrogen) atoms. The van der Waals surface area contributed by atoms with Crippen LogP contribution in [0.25, 0.3) is 16.9 Å². The summed E-state index contributed by atoms with van der Waals surface area (Å²) in [5, 5.41) is 14.8. The van der Waals surface area contributed by atoms with Gasteiger partial charge in [0.05, 0.1) is 11.0 Å². The molecule has 3 heterocycles. The van der Waals surface area contributed by atoms with Gasteiger partial charge in [-0.05, 0) is 44.0 Å². The van der Waals surface area contributed by atoms with Crippen molar-refractivity contribution < 1.29 is 9.90 Å². The van der Waals surface area contributed by atoms with Crippen LogP contribution in [0.1, 0.15) is 18.5 Å². The molecule has 0 unspecified atom stereocenters. The second kappa shape index (κ2) is 8.16. The fourth-order valence-electron chi connectivity index (χ4n) is 3.98. The number of nitrogens with one attached hydrogen (secondary N) is 2. The van der Waals surface area contributed by atoms with E-state index in [0.717, 1.165) is 55.3 Å². The molecule has 0 atom stereocenters. The summed E-state index contributed by atoms with van der Waals surface area (Å²) in [7, 11) is 2.08. The van der Waals surface area contributed by atoms with Gasteiger partial charge >= 0.3 is 6.09 Å². The number of rotatable bonds is 6. The van der Waals surface area contributed by atoms with Gasteiger partial charge in [0.15, 0.2) is 0 Å². The van der Waals surface area contributed by atoms with E-state index in [1.165, 1.54) is 5.69 Å². The van der Waals surface area contributed by atoms with Crippen molar-refractivity contribution in [1.29, 1.82) is 0 Å². The van der Waals surface area contributed by atoms with Crippen LogP contribution in [-0.4, -0.2) is 62.4 Å². The molecule has 1 aliphatic rings. The van der Waals surface area contributed by atoms with E-state index in [1.54, 1.807) is 0 Å². The lowest BCUT2D eigenvalue weighted by atomic mass is 10.1. The molecule has 8 nitrogen and oxygen atoms in total. The molecule has 1 fully saturated rings. The van der Waals surface area contributed by atoms with Gasteiger partial charge in [-0.25, -0.2) is 9.78 Å². The summed E-state index contributed by atoms with van der Waals surface area (Å²) in [5.74, 6) is 1.97. The van der Waals surface area contributed by atoms with Crippen LogP contribution in [0.2, 0.25) is 0 Å². The van der Waals surface area contributed by atoms with E-state index in [0.29, 0.717) is 12.6 Å². The van der Waals surface area contributed by atoms with Crippen LogP contribution in [0, 0.1) is 6.92 Å². The molecule has 0 bridgehead atoms. The lowest BCUT2D eigenvalue weighted by molar-refractivity contribution is 0.186. The quantitative estimate of drug-likeness (QED) is 0.596. The number of carboxylic acid groups (broad SMARTS) is 1. The molecule has 0 spiro atoms. The van der Waals surface area contributed by atoms with E-state index in [4.69, 9.17) is 10.1 Å². The zero-order chi connectivity index (χ0) is 20.4. The minimum Gasteiger partial charge on any atom is -0.465 e. The van der Waals surface area contributed by atoms with E-state index in [9.17, 15) is 4.79 Å². The van der Waals surface area contributed by atoms with Gasteiger partial charge in [0.2, 0.25) is 5.95 Å². The van der Waals surface area contributed by atoms with Crippen LogP contribution in [0.4, 0.5) is 10.7 Å². The van der Waals surface area contributed by atoms with Crippen molar-refractivity contribution in [3.05, 3.63) is 42.1 Å². The number of imidazole rings is 1. The van der Waals surface area contributed by atoms with Crippen LogP contribution >= 0.6 is 0 Å². The Morgan fingerprint density at radius 2 is 1.97 bits per heavy atom. The van der Waals surface area contributed by atoms with E-state index in [2.05, 4.69) is 56.8 Å². The first-order valence-corrected chi connectivity index (χ1v) is 10.1. The minimum absolute atomic E-state index is 0.343. The number of para-hydroxylation sites is 2. The highest BCUT2D eigenvalue weighted by molar-refractivity contribution is 5.81. The molecule has 4 rings (SSSR count). The van der Waals surface area contributed by atoms with Crippen molar-refractivity contribution in [3.63, 3.8) is 0 Å². The number of anilines is 1. The van der Waals surface area contributed by atoms with Crippen LogP contribution in [-0.2, 0) is 7.05 Å². The number of carbonyl (C=O) groups is 1. The molecular formula is C21H28N6O2. The normalized spacial score (nSPS) is 15.7. The Kier molecular flexibility index (Phi) is 5.44. The maximum Gasteiger partial charge on any atom is 0.404 e. The van der Waals surface area contributed by atoms with Crippen molar-refractivity contribution in [2.75, 3.05) is 31.5 Å². The average Bonchev–Trinajstić information content (AvgIpc) is 3.22. The van der Waals surface area contributed by atoms with Crippen LogP contribution < -0.4 is 10.6 Å². The van der Waals surface area contributed by atoms with Gasteiger partial charge in [-0.2, -0.15) is 0 Å². The van der Waals surface area contributed by atoms with Gasteiger partial charge in [0.25, 0.3) is 0 Å². The molecular weight excluding hydrogens is 368 g/mol. The summed E-state index contributed by atoms with van der Waals surface area (Å²) in [6, 6.07) is 12.8. The lowest BCUT2D eigenvalue weighted by Crippen LogP contribution is -2.42. The van der Waals surface area contributed by atoms with Crippen molar-refractivity contribution in [1.82, 2.24) is 24.3 Å². The first kappa shape index (κ1) is 19.3. The van der Waals surface area contributed by atoms with Gasteiger partial charge in [0.1, 0.15) is 5.82 Å². The van der Waals surface area contributed by atoms with Crippen LogP contribution in [0.5, 0.6) is 0 Å². The number of fused-ring (bicyclic) bond motifs is 1. The SMILES string of the molecule is Cc1ccc(-n2c(NC3CCN(CCNC(=O)O)CC3)nc3ccccc32)n1C. The predicted molar refractivity (Wildman–Crippen MR) is 114 cm³/mol. The number of hydrogen-bond acceptors (Lipinski definition) is 4.